The number of piperazine rings is 1. The number of halogens is 1. The SMILES string of the molecule is COc1c(Br)cc(C#N)cc1N1CCN(C2COC2)CC1. The van der Waals surface area contributed by atoms with Gasteiger partial charge in [0.1, 0.15) is 0 Å². The van der Waals surface area contributed by atoms with Gasteiger partial charge in [-0.3, -0.25) is 4.90 Å². The third-order valence-electron chi connectivity index (χ3n) is 4.15. The van der Waals surface area contributed by atoms with Gasteiger partial charge in [0.2, 0.25) is 0 Å². The highest BCUT2D eigenvalue weighted by atomic mass is 79.9. The van der Waals surface area contributed by atoms with Crippen LogP contribution >= 0.6 is 15.9 Å². The molecule has 0 aliphatic carbocycles. The molecule has 0 atom stereocenters. The minimum absolute atomic E-state index is 0.589. The molecule has 0 saturated carbocycles. The van der Waals surface area contributed by atoms with Crippen molar-refractivity contribution in [1.82, 2.24) is 4.90 Å². The average Bonchev–Trinajstić information content (AvgIpc) is 2.45. The summed E-state index contributed by atoms with van der Waals surface area (Å²) in [6, 6.07) is 6.50. The molecular weight excluding hydrogens is 334 g/mol. The Kier molecular flexibility index (Phi) is 4.34. The largest absolute Gasteiger partial charge is 0.493 e. The van der Waals surface area contributed by atoms with Crippen molar-refractivity contribution < 1.29 is 9.47 Å². The molecule has 2 saturated heterocycles. The van der Waals surface area contributed by atoms with Crippen LogP contribution in [0.15, 0.2) is 16.6 Å². The van der Waals surface area contributed by atoms with Gasteiger partial charge >= 0.3 is 0 Å². The van der Waals surface area contributed by atoms with E-state index in [1.165, 1.54) is 0 Å². The molecule has 0 bridgehead atoms. The van der Waals surface area contributed by atoms with E-state index in [1.54, 1.807) is 13.2 Å². The van der Waals surface area contributed by atoms with E-state index >= 15 is 0 Å². The van der Waals surface area contributed by atoms with E-state index in [4.69, 9.17) is 14.7 Å². The summed E-state index contributed by atoms with van der Waals surface area (Å²) in [7, 11) is 1.66. The van der Waals surface area contributed by atoms with Crippen molar-refractivity contribution in [2.75, 3.05) is 51.4 Å². The normalized spacial score (nSPS) is 20.0. The highest BCUT2D eigenvalue weighted by Gasteiger charge is 2.29. The first kappa shape index (κ1) is 14.6. The van der Waals surface area contributed by atoms with E-state index in [1.807, 2.05) is 6.07 Å². The van der Waals surface area contributed by atoms with Crippen molar-refractivity contribution >= 4 is 21.6 Å². The molecule has 0 aromatic heterocycles. The van der Waals surface area contributed by atoms with Crippen molar-refractivity contribution in [1.29, 1.82) is 5.26 Å². The monoisotopic (exact) mass is 351 g/mol. The second kappa shape index (κ2) is 6.22. The number of hydrogen-bond acceptors (Lipinski definition) is 5. The fourth-order valence-corrected chi connectivity index (χ4v) is 3.45. The van der Waals surface area contributed by atoms with Crippen molar-refractivity contribution in [3.63, 3.8) is 0 Å². The van der Waals surface area contributed by atoms with E-state index in [2.05, 4.69) is 31.8 Å². The summed E-state index contributed by atoms with van der Waals surface area (Å²) < 4.78 is 11.6. The predicted molar refractivity (Wildman–Crippen MR) is 83.8 cm³/mol. The lowest BCUT2D eigenvalue weighted by molar-refractivity contribution is -0.0660. The third kappa shape index (κ3) is 2.86. The molecule has 0 radical (unpaired) electrons. The molecule has 112 valence electrons. The van der Waals surface area contributed by atoms with Gasteiger partial charge in [0.25, 0.3) is 0 Å². The highest BCUT2D eigenvalue weighted by molar-refractivity contribution is 9.10. The molecule has 1 aromatic rings. The zero-order valence-corrected chi connectivity index (χ0v) is 13.6. The Morgan fingerprint density at radius 2 is 2.00 bits per heavy atom. The molecule has 0 unspecified atom stereocenters. The van der Waals surface area contributed by atoms with Gasteiger partial charge in [0, 0.05) is 26.2 Å². The van der Waals surface area contributed by atoms with Gasteiger partial charge in [-0.05, 0) is 28.1 Å². The lowest BCUT2D eigenvalue weighted by atomic mass is 10.1. The molecule has 2 heterocycles. The van der Waals surface area contributed by atoms with Crippen LogP contribution in [0, 0.1) is 11.3 Å². The van der Waals surface area contributed by atoms with Crippen LogP contribution in [0.2, 0.25) is 0 Å². The number of hydrogen-bond donors (Lipinski definition) is 0. The van der Waals surface area contributed by atoms with E-state index in [-0.39, 0.29) is 0 Å². The lowest BCUT2D eigenvalue weighted by Crippen LogP contribution is -2.56. The zero-order valence-electron chi connectivity index (χ0n) is 12.0. The van der Waals surface area contributed by atoms with Gasteiger partial charge in [-0.25, -0.2) is 0 Å². The summed E-state index contributed by atoms with van der Waals surface area (Å²) in [5, 5.41) is 9.15. The number of anilines is 1. The molecule has 2 aliphatic heterocycles. The Morgan fingerprint density at radius 1 is 1.29 bits per heavy atom. The minimum atomic E-state index is 0.589. The Morgan fingerprint density at radius 3 is 2.52 bits per heavy atom. The number of nitriles is 1. The van der Waals surface area contributed by atoms with Gasteiger partial charge in [0.05, 0.1) is 48.2 Å². The van der Waals surface area contributed by atoms with Crippen molar-refractivity contribution in [2.45, 2.75) is 6.04 Å². The Labute approximate surface area is 133 Å². The number of nitrogens with zero attached hydrogens (tertiary/aromatic N) is 3. The zero-order chi connectivity index (χ0) is 14.8. The topological polar surface area (TPSA) is 48.7 Å². The van der Waals surface area contributed by atoms with Gasteiger partial charge < -0.3 is 14.4 Å². The van der Waals surface area contributed by atoms with Gasteiger partial charge in [-0.15, -0.1) is 0 Å². The highest BCUT2D eigenvalue weighted by Crippen LogP contribution is 2.37. The van der Waals surface area contributed by atoms with Crippen molar-refractivity contribution in [3.8, 4) is 11.8 Å². The lowest BCUT2D eigenvalue weighted by Gasteiger charge is -2.43. The molecule has 0 N–H and O–H groups in total. The van der Waals surface area contributed by atoms with E-state index < -0.39 is 0 Å². The molecule has 6 heteroatoms. The van der Waals surface area contributed by atoms with E-state index in [0.29, 0.717) is 11.6 Å². The maximum absolute atomic E-state index is 9.15. The maximum Gasteiger partial charge on any atom is 0.156 e. The predicted octanol–water partition coefficient (Wildman–Crippen LogP) is 1.85. The van der Waals surface area contributed by atoms with Gasteiger partial charge in [-0.1, -0.05) is 0 Å². The first-order chi connectivity index (χ1) is 10.2. The van der Waals surface area contributed by atoms with E-state index in [0.717, 1.165) is 55.3 Å². The van der Waals surface area contributed by atoms with Crippen LogP contribution in [0.5, 0.6) is 5.75 Å². The Balaban J connectivity index is 1.77. The van der Waals surface area contributed by atoms with Gasteiger partial charge in [-0.2, -0.15) is 5.26 Å². The average molecular weight is 352 g/mol. The summed E-state index contributed by atoms with van der Waals surface area (Å²) in [5.74, 6) is 0.800. The van der Waals surface area contributed by atoms with Crippen LogP contribution in [-0.2, 0) is 4.74 Å². The molecule has 5 nitrogen and oxygen atoms in total. The number of benzene rings is 1. The maximum atomic E-state index is 9.15. The summed E-state index contributed by atoms with van der Waals surface area (Å²) in [5.41, 5.74) is 1.64. The van der Waals surface area contributed by atoms with Gasteiger partial charge in [0.15, 0.2) is 5.75 Å². The summed E-state index contributed by atoms with van der Waals surface area (Å²) >= 11 is 3.49. The minimum Gasteiger partial charge on any atom is -0.493 e. The number of ether oxygens (including phenoxy) is 2. The second-order valence-electron chi connectivity index (χ2n) is 5.34. The first-order valence-corrected chi connectivity index (χ1v) is 7.86. The summed E-state index contributed by atoms with van der Waals surface area (Å²) in [6.45, 7) is 5.64. The second-order valence-corrected chi connectivity index (χ2v) is 6.19. The molecular formula is C15H18BrN3O2. The molecule has 2 fully saturated rings. The Hall–Kier alpha value is -1.29. The van der Waals surface area contributed by atoms with Crippen LogP contribution in [0.4, 0.5) is 5.69 Å². The van der Waals surface area contributed by atoms with Crippen LogP contribution in [0.3, 0.4) is 0 Å². The van der Waals surface area contributed by atoms with Crippen LogP contribution in [-0.4, -0.2) is 57.4 Å². The number of methoxy groups -OCH3 is 1. The Bertz CT molecular complexity index is 561. The van der Waals surface area contributed by atoms with Crippen LogP contribution in [0.1, 0.15) is 5.56 Å². The van der Waals surface area contributed by atoms with Crippen molar-refractivity contribution in [3.05, 3.63) is 22.2 Å². The molecule has 0 amide bonds. The van der Waals surface area contributed by atoms with E-state index in [9.17, 15) is 0 Å². The number of rotatable bonds is 3. The third-order valence-corrected chi connectivity index (χ3v) is 4.74. The fraction of sp³-hybridized carbons (Fsp3) is 0.533. The molecule has 1 aromatic carbocycles. The summed E-state index contributed by atoms with van der Waals surface area (Å²) in [6.07, 6.45) is 0. The molecule has 2 aliphatic rings. The fourth-order valence-electron chi connectivity index (χ4n) is 2.84. The smallest absolute Gasteiger partial charge is 0.156 e. The molecule has 21 heavy (non-hydrogen) atoms. The van der Waals surface area contributed by atoms with Crippen LogP contribution < -0.4 is 9.64 Å². The van der Waals surface area contributed by atoms with Crippen molar-refractivity contribution in [2.24, 2.45) is 0 Å². The quantitative estimate of drug-likeness (QED) is 0.831. The molecule has 3 rings (SSSR count). The van der Waals surface area contributed by atoms with Crippen LogP contribution in [0.25, 0.3) is 0 Å². The summed E-state index contributed by atoms with van der Waals surface area (Å²) in [4.78, 5) is 4.77. The molecule has 0 spiro atoms. The standard InChI is InChI=1S/C15H18BrN3O2/c1-20-15-13(16)6-11(8-17)7-14(15)19-4-2-18(3-5-19)12-9-21-10-12/h6-7,12H,2-5,9-10H2,1H3. The first-order valence-electron chi connectivity index (χ1n) is 7.07.